The molecule has 1 atom stereocenters. The molecule has 0 radical (unpaired) electrons. The standard InChI is InChI=1S/C23H20F3N3O3S/c1-11-4-5-16(15(8-11)21(30)28-14-9-13(10-14)23(24,25)26)29-22(31)19-18(32-3)7-6-17-20(19)33-12(2)27-17/h4-9,14H,10H2,1-3H3,(H,28,30)(H,29,31). The zero-order valence-electron chi connectivity index (χ0n) is 18.0. The minimum atomic E-state index is -4.39. The van der Waals surface area contributed by atoms with Gasteiger partial charge in [0.1, 0.15) is 11.3 Å². The second-order valence-electron chi connectivity index (χ2n) is 7.70. The zero-order valence-corrected chi connectivity index (χ0v) is 18.8. The van der Waals surface area contributed by atoms with Crippen LogP contribution in [0.2, 0.25) is 0 Å². The van der Waals surface area contributed by atoms with Crippen molar-refractivity contribution in [3.05, 3.63) is 63.7 Å². The number of aromatic nitrogens is 1. The lowest BCUT2D eigenvalue weighted by atomic mass is 9.92. The molecule has 0 spiro atoms. The van der Waals surface area contributed by atoms with Crippen LogP contribution in [0.3, 0.4) is 0 Å². The lowest BCUT2D eigenvalue weighted by molar-refractivity contribution is -0.0980. The van der Waals surface area contributed by atoms with Crippen molar-refractivity contribution in [2.24, 2.45) is 0 Å². The summed E-state index contributed by atoms with van der Waals surface area (Å²) in [5.74, 6) is -0.696. The van der Waals surface area contributed by atoms with Crippen molar-refractivity contribution in [1.82, 2.24) is 10.3 Å². The summed E-state index contributed by atoms with van der Waals surface area (Å²) in [6.45, 7) is 3.61. The quantitative estimate of drug-likeness (QED) is 0.500. The molecule has 4 rings (SSSR count). The molecular formula is C23H20F3N3O3S. The number of hydrogen-bond donors (Lipinski definition) is 2. The highest BCUT2D eigenvalue weighted by Gasteiger charge is 2.40. The maximum atomic E-state index is 13.2. The Bertz CT molecular complexity index is 1300. The van der Waals surface area contributed by atoms with E-state index in [1.54, 1.807) is 37.3 Å². The van der Waals surface area contributed by atoms with Gasteiger partial charge >= 0.3 is 6.18 Å². The van der Waals surface area contributed by atoms with Gasteiger partial charge in [0.05, 0.1) is 39.6 Å². The van der Waals surface area contributed by atoms with Gasteiger partial charge in [-0.1, -0.05) is 17.7 Å². The Morgan fingerprint density at radius 1 is 1.15 bits per heavy atom. The van der Waals surface area contributed by atoms with Gasteiger partial charge in [-0.2, -0.15) is 13.2 Å². The van der Waals surface area contributed by atoms with Gasteiger partial charge in [-0.25, -0.2) is 4.98 Å². The first kappa shape index (κ1) is 22.8. The molecule has 2 aromatic carbocycles. The van der Waals surface area contributed by atoms with Gasteiger partial charge in [-0.15, -0.1) is 11.3 Å². The van der Waals surface area contributed by atoms with Crippen LogP contribution in [0.1, 0.15) is 37.7 Å². The number of methoxy groups -OCH3 is 1. The highest BCUT2D eigenvalue weighted by molar-refractivity contribution is 7.19. The van der Waals surface area contributed by atoms with E-state index in [2.05, 4.69) is 15.6 Å². The summed E-state index contributed by atoms with van der Waals surface area (Å²) in [7, 11) is 1.46. The van der Waals surface area contributed by atoms with Crippen LogP contribution in [-0.4, -0.2) is 36.1 Å². The number of anilines is 1. The number of halogens is 3. The second-order valence-corrected chi connectivity index (χ2v) is 8.90. The van der Waals surface area contributed by atoms with Crippen molar-refractivity contribution in [2.45, 2.75) is 32.5 Å². The molecule has 0 fully saturated rings. The number of aryl methyl sites for hydroxylation is 2. The van der Waals surface area contributed by atoms with Crippen molar-refractivity contribution in [3.8, 4) is 5.75 Å². The Kier molecular flexibility index (Phi) is 5.87. The number of alkyl halides is 3. The third-order valence-corrected chi connectivity index (χ3v) is 6.27. The van der Waals surface area contributed by atoms with E-state index in [0.717, 1.165) is 16.6 Å². The average molecular weight is 475 g/mol. The van der Waals surface area contributed by atoms with E-state index in [4.69, 9.17) is 4.74 Å². The Morgan fingerprint density at radius 3 is 2.55 bits per heavy atom. The Hall–Kier alpha value is -3.40. The predicted molar refractivity (Wildman–Crippen MR) is 120 cm³/mol. The molecule has 2 amide bonds. The number of nitrogens with one attached hydrogen (secondary N) is 2. The Labute approximate surface area is 191 Å². The molecule has 0 bridgehead atoms. The number of benzene rings is 2. The lowest BCUT2D eigenvalue weighted by Gasteiger charge is -2.28. The van der Waals surface area contributed by atoms with E-state index in [-0.39, 0.29) is 17.7 Å². The molecule has 172 valence electrons. The summed E-state index contributed by atoms with van der Waals surface area (Å²) in [4.78, 5) is 30.5. The number of carbonyl (C=O) groups excluding carboxylic acids is 2. The summed E-state index contributed by atoms with van der Waals surface area (Å²) in [6.07, 6.45) is -3.69. The molecule has 1 aromatic heterocycles. The summed E-state index contributed by atoms with van der Waals surface area (Å²) in [6, 6.07) is 7.59. The minimum Gasteiger partial charge on any atom is -0.496 e. The van der Waals surface area contributed by atoms with Gasteiger partial charge in [0.2, 0.25) is 0 Å². The monoisotopic (exact) mass is 475 g/mol. The van der Waals surface area contributed by atoms with E-state index in [0.29, 0.717) is 21.5 Å². The molecule has 6 nitrogen and oxygen atoms in total. The normalized spacial score (nSPS) is 15.6. The van der Waals surface area contributed by atoms with Crippen molar-refractivity contribution in [1.29, 1.82) is 0 Å². The number of thiazole rings is 1. The topological polar surface area (TPSA) is 80.3 Å². The van der Waals surface area contributed by atoms with Gasteiger partial charge in [0.25, 0.3) is 11.8 Å². The zero-order chi connectivity index (χ0) is 23.9. The number of hydrogen-bond acceptors (Lipinski definition) is 5. The molecule has 0 saturated heterocycles. The van der Waals surface area contributed by atoms with Crippen molar-refractivity contribution >= 4 is 39.1 Å². The van der Waals surface area contributed by atoms with E-state index < -0.39 is 29.6 Å². The SMILES string of the molecule is COc1ccc2nc(C)sc2c1C(=O)Nc1ccc(C)cc1C(=O)NC1C=C(C(F)(F)F)C1. The Balaban J connectivity index is 1.61. The van der Waals surface area contributed by atoms with Crippen LogP contribution in [0.4, 0.5) is 18.9 Å². The van der Waals surface area contributed by atoms with Crippen molar-refractivity contribution in [2.75, 3.05) is 12.4 Å². The first-order valence-electron chi connectivity index (χ1n) is 10.0. The van der Waals surface area contributed by atoms with Crippen molar-refractivity contribution in [3.63, 3.8) is 0 Å². The molecule has 1 aliphatic carbocycles. The van der Waals surface area contributed by atoms with E-state index in [1.165, 1.54) is 18.4 Å². The number of ether oxygens (including phenoxy) is 1. The van der Waals surface area contributed by atoms with Gasteiger partial charge in [0.15, 0.2) is 0 Å². The molecular weight excluding hydrogens is 455 g/mol. The average Bonchev–Trinajstić information content (AvgIpc) is 3.09. The number of nitrogens with zero attached hydrogens (tertiary/aromatic N) is 1. The van der Waals surface area contributed by atoms with Crippen LogP contribution >= 0.6 is 11.3 Å². The summed E-state index contributed by atoms with van der Waals surface area (Å²) >= 11 is 1.35. The molecule has 1 heterocycles. The molecule has 3 aromatic rings. The van der Waals surface area contributed by atoms with E-state index in [1.807, 2.05) is 6.92 Å². The van der Waals surface area contributed by atoms with Crippen LogP contribution in [0, 0.1) is 13.8 Å². The number of fused-ring (bicyclic) bond motifs is 1. The van der Waals surface area contributed by atoms with Crippen LogP contribution < -0.4 is 15.4 Å². The first-order valence-corrected chi connectivity index (χ1v) is 10.8. The fraction of sp³-hybridized carbons (Fsp3) is 0.261. The van der Waals surface area contributed by atoms with E-state index >= 15 is 0 Å². The Morgan fingerprint density at radius 2 is 1.88 bits per heavy atom. The van der Waals surface area contributed by atoms with Gasteiger partial charge < -0.3 is 15.4 Å². The number of amides is 2. The maximum Gasteiger partial charge on any atom is 0.412 e. The highest BCUT2D eigenvalue weighted by Crippen LogP contribution is 2.36. The second kappa shape index (κ2) is 8.51. The van der Waals surface area contributed by atoms with Crippen LogP contribution in [0.5, 0.6) is 5.75 Å². The largest absolute Gasteiger partial charge is 0.496 e. The number of carbonyl (C=O) groups is 2. The first-order chi connectivity index (χ1) is 15.6. The maximum absolute atomic E-state index is 13.2. The molecule has 0 aliphatic heterocycles. The molecule has 1 unspecified atom stereocenters. The fourth-order valence-corrected chi connectivity index (χ4v) is 4.56. The van der Waals surface area contributed by atoms with Crippen LogP contribution in [0.15, 0.2) is 42.0 Å². The fourth-order valence-electron chi connectivity index (χ4n) is 3.61. The molecule has 1 aliphatic rings. The molecule has 0 saturated carbocycles. The van der Waals surface area contributed by atoms with Gasteiger partial charge in [-0.3, -0.25) is 9.59 Å². The minimum absolute atomic E-state index is 0.156. The van der Waals surface area contributed by atoms with Crippen molar-refractivity contribution < 1.29 is 27.5 Å². The van der Waals surface area contributed by atoms with Crippen LogP contribution in [-0.2, 0) is 0 Å². The highest BCUT2D eigenvalue weighted by atomic mass is 32.1. The third kappa shape index (κ3) is 4.56. The molecule has 10 heteroatoms. The van der Waals surface area contributed by atoms with Gasteiger partial charge in [0, 0.05) is 12.0 Å². The number of rotatable bonds is 5. The third-order valence-electron chi connectivity index (χ3n) is 5.26. The van der Waals surface area contributed by atoms with Gasteiger partial charge in [-0.05, 0) is 38.1 Å². The summed E-state index contributed by atoms with van der Waals surface area (Å²) in [5.41, 5.74) is 1.44. The van der Waals surface area contributed by atoms with Crippen LogP contribution in [0.25, 0.3) is 10.2 Å². The molecule has 2 N–H and O–H groups in total. The summed E-state index contributed by atoms with van der Waals surface area (Å²) < 4.78 is 44.1. The predicted octanol–water partition coefficient (Wildman–Crippen LogP) is 5.16. The smallest absolute Gasteiger partial charge is 0.412 e. The summed E-state index contributed by atoms with van der Waals surface area (Å²) in [5, 5.41) is 6.12. The molecule has 33 heavy (non-hydrogen) atoms. The lowest BCUT2D eigenvalue weighted by Crippen LogP contribution is -2.41. The van der Waals surface area contributed by atoms with E-state index in [9.17, 15) is 22.8 Å².